The van der Waals surface area contributed by atoms with Gasteiger partial charge in [0.25, 0.3) is 0 Å². The van der Waals surface area contributed by atoms with E-state index in [2.05, 4.69) is 4.98 Å². The lowest BCUT2D eigenvalue weighted by Crippen LogP contribution is -2.48. The summed E-state index contributed by atoms with van der Waals surface area (Å²) in [5.41, 5.74) is 0.742. The summed E-state index contributed by atoms with van der Waals surface area (Å²) >= 11 is 0. The number of aromatic nitrogens is 1. The number of ether oxygens (including phenoxy) is 2. The Labute approximate surface area is 164 Å². The molecule has 1 amide bonds. The van der Waals surface area contributed by atoms with Crippen LogP contribution < -0.4 is 9.47 Å². The lowest BCUT2D eigenvalue weighted by molar-refractivity contribution is -0.141. The Morgan fingerprint density at radius 3 is 2.64 bits per heavy atom. The molecule has 2 aliphatic heterocycles. The van der Waals surface area contributed by atoms with Gasteiger partial charge in [-0.3, -0.25) is 14.7 Å². The molecule has 7 nitrogen and oxygen atoms in total. The van der Waals surface area contributed by atoms with Crippen LogP contribution in [0.15, 0.2) is 42.7 Å². The van der Waals surface area contributed by atoms with Crippen LogP contribution >= 0.6 is 0 Å². The Morgan fingerprint density at radius 2 is 1.96 bits per heavy atom. The third kappa shape index (κ3) is 3.43. The first-order valence-electron chi connectivity index (χ1n) is 9.45. The van der Waals surface area contributed by atoms with Crippen LogP contribution in [0.3, 0.4) is 0 Å². The molecule has 3 heterocycles. The lowest BCUT2D eigenvalue weighted by atomic mass is 9.85. The summed E-state index contributed by atoms with van der Waals surface area (Å²) < 4.78 is 10.8. The Morgan fingerprint density at radius 1 is 1.21 bits per heavy atom. The summed E-state index contributed by atoms with van der Waals surface area (Å²) in [6.07, 6.45) is 4.38. The fourth-order valence-corrected chi connectivity index (χ4v) is 3.94. The van der Waals surface area contributed by atoms with Gasteiger partial charge in [0.05, 0.1) is 5.60 Å². The number of pyridine rings is 1. The molecule has 1 saturated heterocycles. The number of piperidine rings is 1. The van der Waals surface area contributed by atoms with Gasteiger partial charge in [-0.2, -0.15) is 0 Å². The first-order valence-corrected chi connectivity index (χ1v) is 9.45. The molecule has 1 aromatic heterocycles. The van der Waals surface area contributed by atoms with Gasteiger partial charge < -0.3 is 19.5 Å². The number of carbonyl (C=O) groups excluding carboxylic acids is 1. The van der Waals surface area contributed by atoms with Gasteiger partial charge in [-0.05, 0) is 50.7 Å². The largest absolute Gasteiger partial charge is 0.454 e. The molecule has 0 bridgehead atoms. The zero-order chi connectivity index (χ0) is 19.7. The van der Waals surface area contributed by atoms with Gasteiger partial charge in [0.15, 0.2) is 11.5 Å². The second-order valence-electron chi connectivity index (χ2n) is 7.58. The predicted octanol–water partition coefficient (Wildman–Crippen LogP) is 1.92. The van der Waals surface area contributed by atoms with Crippen molar-refractivity contribution in [2.24, 2.45) is 0 Å². The number of likely N-dealkylation sites (tertiary alicyclic amines) is 1. The number of hydrogen-bond acceptors (Lipinski definition) is 6. The predicted molar refractivity (Wildman–Crippen MR) is 103 cm³/mol. The molecule has 1 atom stereocenters. The smallest absolute Gasteiger partial charge is 0.244 e. The number of hydrogen-bond donors (Lipinski definition) is 1. The first kappa shape index (κ1) is 18.7. The second kappa shape index (κ2) is 7.41. The van der Waals surface area contributed by atoms with E-state index < -0.39 is 11.6 Å². The Kier molecular flexibility index (Phi) is 4.95. The molecule has 2 aliphatic rings. The molecule has 148 valence electrons. The molecule has 28 heavy (non-hydrogen) atoms. The highest BCUT2D eigenvalue weighted by molar-refractivity contribution is 5.83. The minimum absolute atomic E-state index is 0.0251. The highest BCUT2D eigenvalue weighted by Crippen LogP contribution is 2.37. The monoisotopic (exact) mass is 383 g/mol. The van der Waals surface area contributed by atoms with Crippen molar-refractivity contribution in [1.29, 1.82) is 0 Å². The van der Waals surface area contributed by atoms with Crippen LogP contribution in [0.2, 0.25) is 0 Å². The van der Waals surface area contributed by atoms with Crippen LogP contribution in [0.4, 0.5) is 0 Å². The minimum atomic E-state index is -0.933. The van der Waals surface area contributed by atoms with Crippen LogP contribution in [0.1, 0.15) is 30.0 Å². The van der Waals surface area contributed by atoms with E-state index in [4.69, 9.17) is 9.47 Å². The zero-order valence-electron chi connectivity index (χ0n) is 16.2. The van der Waals surface area contributed by atoms with Gasteiger partial charge in [0, 0.05) is 31.0 Å². The van der Waals surface area contributed by atoms with Crippen molar-refractivity contribution in [1.82, 2.24) is 14.8 Å². The maximum atomic E-state index is 13.3. The Hall–Kier alpha value is -2.64. The average Bonchev–Trinajstić information content (AvgIpc) is 3.17. The summed E-state index contributed by atoms with van der Waals surface area (Å²) in [6, 6.07) is 8.93. The SMILES string of the molecule is CN(C)[C@@H](C(=O)N1CCC(O)(c2cccnc2)CC1)c1ccc2c(c1)OCO2. The van der Waals surface area contributed by atoms with Crippen molar-refractivity contribution in [2.45, 2.75) is 24.5 Å². The van der Waals surface area contributed by atoms with Crippen molar-refractivity contribution in [2.75, 3.05) is 34.0 Å². The summed E-state index contributed by atoms with van der Waals surface area (Å²) in [5.74, 6) is 1.40. The molecule has 0 radical (unpaired) electrons. The van der Waals surface area contributed by atoms with Gasteiger partial charge in [-0.15, -0.1) is 0 Å². The molecule has 0 unspecified atom stereocenters. The summed E-state index contributed by atoms with van der Waals surface area (Å²) in [4.78, 5) is 21.2. The third-order valence-corrected chi connectivity index (χ3v) is 5.56. The van der Waals surface area contributed by atoms with Crippen LogP contribution in [-0.4, -0.2) is 59.8 Å². The van der Waals surface area contributed by atoms with Crippen LogP contribution in [0.25, 0.3) is 0 Å². The van der Waals surface area contributed by atoms with E-state index in [0.29, 0.717) is 37.4 Å². The van der Waals surface area contributed by atoms with E-state index in [1.165, 1.54) is 0 Å². The van der Waals surface area contributed by atoms with Crippen LogP contribution in [0, 0.1) is 0 Å². The van der Waals surface area contributed by atoms with Gasteiger partial charge in [-0.1, -0.05) is 12.1 Å². The van der Waals surface area contributed by atoms with E-state index in [1.807, 2.05) is 54.2 Å². The van der Waals surface area contributed by atoms with E-state index in [1.54, 1.807) is 12.4 Å². The molecule has 1 aromatic carbocycles. The van der Waals surface area contributed by atoms with Crippen molar-refractivity contribution in [3.8, 4) is 11.5 Å². The highest BCUT2D eigenvalue weighted by Gasteiger charge is 2.38. The van der Waals surface area contributed by atoms with Crippen LogP contribution in [0.5, 0.6) is 11.5 Å². The molecule has 2 aromatic rings. The molecular weight excluding hydrogens is 358 g/mol. The summed E-state index contributed by atoms with van der Waals surface area (Å²) in [7, 11) is 3.78. The van der Waals surface area contributed by atoms with Gasteiger partial charge in [0.1, 0.15) is 6.04 Å². The third-order valence-electron chi connectivity index (χ3n) is 5.56. The maximum absolute atomic E-state index is 13.3. The fraction of sp³-hybridized carbons (Fsp3) is 0.429. The molecule has 0 aliphatic carbocycles. The van der Waals surface area contributed by atoms with E-state index in [-0.39, 0.29) is 12.7 Å². The van der Waals surface area contributed by atoms with Gasteiger partial charge in [-0.25, -0.2) is 0 Å². The normalized spacial score (nSPS) is 18.9. The summed E-state index contributed by atoms with van der Waals surface area (Å²) in [5, 5.41) is 11.0. The van der Waals surface area contributed by atoms with Gasteiger partial charge in [0.2, 0.25) is 12.7 Å². The number of amides is 1. The highest BCUT2D eigenvalue weighted by atomic mass is 16.7. The number of benzene rings is 1. The number of carbonyl (C=O) groups is 1. The molecule has 1 fully saturated rings. The molecular formula is C21H25N3O4. The fourth-order valence-electron chi connectivity index (χ4n) is 3.94. The maximum Gasteiger partial charge on any atom is 0.244 e. The number of aliphatic hydroxyl groups is 1. The quantitative estimate of drug-likeness (QED) is 0.870. The molecule has 0 saturated carbocycles. The standard InChI is InChI=1S/C21H25N3O4/c1-23(2)19(15-5-6-17-18(12-15)28-14-27-17)20(25)24-10-7-21(26,8-11-24)16-4-3-9-22-13-16/h3-6,9,12-13,19,26H,7-8,10-11,14H2,1-2H3/t19-/m1/s1. The molecule has 4 rings (SSSR count). The van der Waals surface area contributed by atoms with Crippen molar-refractivity contribution >= 4 is 5.91 Å². The number of likely N-dealkylation sites (N-methyl/N-ethyl adjacent to an activating group) is 1. The molecule has 1 N–H and O–H groups in total. The minimum Gasteiger partial charge on any atom is -0.454 e. The van der Waals surface area contributed by atoms with Crippen molar-refractivity contribution in [3.63, 3.8) is 0 Å². The van der Waals surface area contributed by atoms with E-state index in [9.17, 15) is 9.90 Å². The zero-order valence-corrected chi connectivity index (χ0v) is 16.2. The number of fused-ring (bicyclic) bond motifs is 1. The molecule has 7 heteroatoms. The number of nitrogens with zero attached hydrogens (tertiary/aromatic N) is 3. The average molecular weight is 383 g/mol. The summed E-state index contributed by atoms with van der Waals surface area (Å²) in [6.45, 7) is 1.21. The molecule has 0 spiro atoms. The van der Waals surface area contributed by atoms with Gasteiger partial charge >= 0.3 is 0 Å². The topological polar surface area (TPSA) is 75.1 Å². The van der Waals surface area contributed by atoms with Crippen LogP contribution in [-0.2, 0) is 10.4 Å². The second-order valence-corrected chi connectivity index (χ2v) is 7.58. The Bertz CT molecular complexity index is 848. The number of rotatable bonds is 4. The van der Waals surface area contributed by atoms with E-state index >= 15 is 0 Å². The van der Waals surface area contributed by atoms with E-state index in [0.717, 1.165) is 11.1 Å². The van der Waals surface area contributed by atoms with Crippen molar-refractivity contribution < 1.29 is 19.4 Å². The van der Waals surface area contributed by atoms with Crippen molar-refractivity contribution in [3.05, 3.63) is 53.9 Å². The first-order chi connectivity index (χ1) is 13.5. The Balaban J connectivity index is 1.50. The lowest BCUT2D eigenvalue weighted by Gasteiger charge is -2.40.